The highest BCUT2D eigenvalue weighted by atomic mass is 79.9. The number of carboxylic acid groups (broad SMARTS) is 1. The SMILES string of the molecule is CCCC1(C(=O)O)CCCN(C(=O)c2cc(Br)c(Br)s2)C1. The maximum absolute atomic E-state index is 12.6. The van der Waals surface area contributed by atoms with Gasteiger partial charge in [-0.05, 0) is 57.2 Å². The zero-order chi connectivity index (χ0) is 15.6. The molecule has 1 amide bonds. The van der Waals surface area contributed by atoms with Crippen molar-refractivity contribution in [2.75, 3.05) is 13.1 Å². The molecule has 0 aromatic carbocycles. The number of likely N-dealkylation sites (tertiary alicyclic amines) is 1. The predicted octanol–water partition coefficient (Wildman–Crippen LogP) is 4.38. The first-order chi connectivity index (χ1) is 9.89. The molecule has 0 radical (unpaired) electrons. The Labute approximate surface area is 144 Å². The van der Waals surface area contributed by atoms with Crippen LogP contribution in [0.2, 0.25) is 0 Å². The second kappa shape index (κ2) is 6.79. The molecule has 1 atom stereocenters. The summed E-state index contributed by atoms with van der Waals surface area (Å²) in [5.41, 5.74) is -0.783. The molecular formula is C14H17Br2NO3S. The van der Waals surface area contributed by atoms with Gasteiger partial charge in [0.25, 0.3) is 5.91 Å². The van der Waals surface area contributed by atoms with Gasteiger partial charge < -0.3 is 10.0 Å². The number of nitrogens with zero attached hydrogens (tertiary/aromatic N) is 1. The highest BCUT2D eigenvalue weighted by Crippen LogP contribution is 2.37. The monoisotopic (exact) mass is 437 g/mol. The van der Waals surface area contributed by atoms with Gasteiger partial charge in [0.1, 0.15) is 0 Å². The van der Waals surface area contributed by atoms with Crippen LogP contribution < -0.4 is 0 Å². The lowest BCUT2D eigenvalue weighted by molar-refractivity contribution is -0.152. The number of piperidine rings is 1. The maximum atomic E-state index is 12.6. The summed E-state index contributed by atoms with van der Waals surface area (Å²) in [7, 11) is 0. The Kier molecular flexibility index (Phi) is 5.48. The lowest BCUT2D eigenvalue weighted by Gasteiger charge is -2.39. The molecule has 1 N–H and O–H groups in total. The normalized spacial score (nSPS) is 22.3. The highest BCUT2D eigenvalue weighted by Gasteiger charge is 2.43. The smallest absolute Gasteiger partial charge is 0.311 e. The summed E-state index contributed by atoms with van der Waals surface area (Å²) in [6, 6.07) is 1.79. The predicted molar refractivity (Wildman–Crippen MR) is 89.8 cm³/mol. The van der Waals surface area contributed by atoms with Crippen LogP contribution in [-0.2, 0) is 4.79 Å². The Bertz CT molecular complexity index is 537. The van der Waals surface area contributed by atoms with Crippen molar-refractivity contribution in [1.29, 1.82) is 0 Å². The number of rotatable bonds is 4. The molecule has 1 aromatic rings. The van der Waals surface area contributed by atoms with Crippen molar-refractivity contribution in [3.63, 3.8) is 0 Å². The number of carbonyl (C=O) groups excluding carboxylic acids is 1. The Morgan fingerprint density at radius 1 is 1.48 bits per heavy atom. The average Bonchev–Trinajstić information content (AvgIpc) is 2.78. The van der Waals surface area contributed by atoms with E-state index in [9.17, 15) is 14.7 Å². The van der Waals surface area contributed by atoms with Crippen molar-refractivity contribution in [3.8, 4) is 0 Å². The average molecular weight is 439 g/mol. The van der Waals surface area contributed by atoms with Crippen LogP contribution in [0.15, 0.2) is 14.3 Å². The summed E-state index contributed by atoms with van der Waals surface area (Å²) in [6.45, 7) is 2.92. The van der Waals surface area contributed by atoms with Crippen molar-refractivity contribution < 1.29 is 14.7 Å². The Balaban J connectivity index is 2.20. The molecule has 2 rings (SSSR count). The zero-order valence-electron chi connectivity index (χ0n) is 11.7. The van der Waals surface area contributed by atoms with Crippen molar-refractivity contribution in [1.82, 2.24) is 4.90 Å². The number of thiophene rings is 1. The van der Waals surface area contributed by atoms with Gasteiger partial charge in [0.15, 0.2) is 0 Å². The van der Waals surface area contributed by atoms with Crippen LogP contribution in [0, 0.1) is 5.41 Å². The van der Waals surface area contributed by atoms with Gasteiger partial charge in [0.2, 0.25) is 0 Å². The first-order valence-corrected chi connectivity index (χ1v) is 9.27. The first-order valence-electron chi connectivity index (χ1n) is 6.87. The van der Waals surface area contributed by atoms with Gasteiger partial charge in [-0.25, -0.2) is 0 Å². The Hall–Kier alpha value is -0.400. The third-order valence-electron chi connectivity index (χ3n) is 3.90. The first kappa shape index (κ1) is 17.0. The molecule has 2 heterocycles. The van der Waals surface area contributed by atoms with Gasteiger partial charge >= 0.3 is 5.97 Å². The van der Waals surface area contributed by atoms with Crippen LogP contribution in [0.5, 0.6) is 0 Å². The molecule has 116 valence electrons. The molecule has 1 aliphatic rings. The van der Waals surface area contributed by atoms with E-state index in [4.69, 9.17) is 0 Å². The van der Waals surface area contributed by atoms with Crippen LogP contribution in [-0.4, -0.2) is 35.0 Å². The number of hydrogen-bond donors (Lipinski definition) is 1. The summed E-state index contributed by atoms with van der Waals surface area (Å²) < 4.78 is 1.73. The number of aliphatic carboxylic acids is 1. The Morgan fingerprint density at radius 3 is 2.71 bits per heavy atom. The zero-order valence-corrected chi connectivity index (χ0v) is 15.7. The van der Waals surface area contributed by atoms with Crippen molar-refractivity contribution >= 4 is 55.1 Å². The molecular weight excluding hydrogens is 422 g/mol. The van der Waals surface area contributed by atoms with E-state index in [1.54, 1.807) is 11.0 Å². The van der Waals surface area contributed by atoms with Crippen molar-refractivity contribution in [3.05, 3.63) is 19.2 Å². The molecule has 0 aliphatic carbocycles. The number of hydrogen-bond acceptors (Lipinski definition) is 3. The van der Waals surface area contributed by atoms with E-state index in [1.165, 1.54) is 11.3 Å². The van der Waals surface area contributed by atoms with Crippen molar-refractivity contribution in [2.45, 2.75) is 32.6 Å². The second-order valence-electron chi connectivity index (χ2n) is 5.40. The number of carboxylic acids is 1. The molecule has 1 saturated heterocycles. The summed E-state index contributed by atoms with van der Waals surface area (Å²) in [4.78, 5) is 26.6. The minimum Gasteiger partial charge on any atom is -0.481 e. The van der Waals surface area contributed by atoms with Gasteiger partial charge in [-0.2, -0.15) is 0 Å². The fourth-order valence-electron chi connectivity index (χ4n) is 2.88. The quantitative estimate of drug-likeness (QED) is 0.758. The summed E-state index contributed by atoms with van der Waals surface area (Å²) in [5, 5.41) is 9.59. The lowest BCUT2D eigenvalue weighted by atomic mass is 9.76. The molecule has 1 aliphatic heterocycles. The van der Waals surface area contributed by atoms with Gasteiger partial charge in [-0.1, -0.05) is 13.3 Å². The second-order valence-corrected chi connectivity index (χ2v) is 8.62. The Morgan fingerprint density at radius 2 is 2.19 bits per heavy atom. The van der Waals surface area contributed by atoms with E-state index in [0.717, 1.165) is 21.1 Å². The topological polar surface area (TPSA) is 57.6 Å². The van der Waals surface area contributed by atoms with Gasteiger partial charge in [0.05, 0.1) is 14.1 Å². The van der Waals surface area contributed by atoms with Gasteiger partial charge in [-0.15, -0.1) is 11.3 Å². The number of amides is 1. The van der Waals surface area contributed by atoms with E-state index in [2.05, 4.69) is 31.9 Å². The van der Waals surface area contributed by atoms with Crippen LogP contribution in [0.1, 0.15) is 42.3 Å². The lowest BCUT2D eigenvalue weighted by Crippen LogP contribution is -2.49. The molecule has 0 bridgehead atoms. The van der Waals surface area contributed by atoms with Crippen LogP contribution in [0.4, 0.5) is 0 Å². The maximum Gasteiger partial charge on any atom is 0.311 e. The molecule has 0 spiro atoms. The molecule has 21 heavy (non-hydrogen) atoms. The third-order valence-corrected chi connectivity index (χ3v) is 7.15. The number of halogens is 2. The molecule has 4 nitrogen and oxygen atoms in total. The largest absolute Gasteiger partial charge is 0.481 e. The van der Waals surface area contributed by atoms with E-state index in [0.29, 0.717) is 30.8 Å². The number of carbonyl (C=O) groups is 2. The molecule has 7 heteroatoms. The summed E-state index contributed by atoms with van der Waals surface area (Å²) >= 11 is 8.13. The van der Waals surface area contributed by atoms with Crippen molar-refractivity contribution in [2.24, 2.45) is 5.41 Å². The fraction of sp³-hybridized carbons (Fsp3) is 0.571. The van der Waals surface area contributed by atoms with E-state index >= 15 is 0 Å². The van der Waals surface area contributed by atoms with E-state index < -0.39 is 11.4 Å². The van der Waals surface area contributed by atoms with E-state index in [1.807, 2.05) is 6.92 Å². The van der Waals surface area contributed by atoms with Crippen LogP contribution >= 0.6 is 43.2 Å². The highest BCUT2D eigenvalue weighted by molar-refractivity contribution is 9.13. The molecule has 1 unspecified atom stereocenters. The van der Waals surface area contributed by atoms with Gasteiger partial charge in [0, 0.05) is 17.6 Å². The minimum absolute atomic E-state index is 0.0761. The van der Waals surface area contributed by atoms with Crippen LogP contribution in [0.3, 0.4) is 0 Å². The standard InChI is InChI=1S/C14H17Br2NO3S/c1-2-4-14(13(19)20)5-3-6-17(8-14)12(18)10-7-9(15)11(16)21-10/h7H,2-6,8H2,1H3,(H,19,20). The molecule has 0 saturated carbocycles. The molecule has 1 fully saturated rings. The molecule has 1 aromatic heterocycles. The van der Waals surface area contributed by atoms with E-state index in [-0.39, 0.29) is 5.91 Å². The third kappa shape index (κ3) is 3.51. The summed E-state index contributed by atoms with van der Waals surface area (Å²) in [5.74, 6) is -0.858. The minimum atomic E-state index is -0.783. The van der Waals surface area contributed by atoms with Gasteiger partial charge in [-0.3, -0.25) is 9.59 Å². The van der Waals surface area contributed by atoms with Crippen LogP contribution in [0.25, 0.3) is 0 Å². The summed E-state index contributed by atoms with van der Waals surface area (Å²) in [6.07, 6.45) is 2.82. The fourth-order valence-corrected chi connectivity index (χ4v) is 4.88.